The lowest BCUT2D eigenvalue weighted by molar-refractivity contribution is -0.125. The minimum absolute atomic E-state index is 0.250. The highest BCUT2D eigenvalue weighted by Crippen LogP contribution is 2.30. The van der Waals surface area contributed by atoms with Crippen molar-refractivity contribution in [2.24, 2.45) is 10.1 Å². The van der Waals surface area contributed by atoms with E-state index < -0.39 is 17.2 Å². The van der Waals surface area contributed by atoms with Crippen LogP contribution in [0, 0.1) is 0 Å². The smallest absolute Gasteiger partial charge is 0.338 e. The lowest BCUT2D eigenvalue weighted by atomic mass is 10.0. The van der Waals surface area contributed by atoms with Crippen LogP contribution in [0.3, 0.4) is 0 Å². The molecular formula is C20H30N4O4S. The average molecular weight is 423 g/mol. The highest BCUT2D eigenvalue weighted by molar-refractivity contribution is 8.16. The molecule has 9 heteroatoms. The molecule has 29 heavy (non-hydrogen) atoms. The second-order valence-electron chi connectivity index (χ2n) is 7.19. The maximum Gasteiger partial charge on any atom is 0.338 e. The van der Waals surface area contributed by atoms with E-state index in [1.54, 1.807) is 13.8 Å². The first-order valence-corrected chi connectivity index (χ1v) is 10.9. The molecule has 2 unspecified atom stereocenters. The lowest BCUT2D eigenvalue weighted by Crippen LogP contribution is -2.45. The molecule has 0 radical (unpaired) electrons. The van der Waals surface area contributed by atoms with Gasteiger partial charge in [-0.1, -0.05) is 18.5 Å². The Bertz CT molecular complexity index is 847. The molecule has 1 aliphatic heterocycles. The zero-order valence-electron chi connectivity index (χ0n) is 17.7. The van der Waals surface area contributed by atoms with Gasteiger partial charge in [0.2, 0.25) is 5.91 Å². The number of rotatable bonds is 9. The monoisotopic (exact) mass is 422 g/mol. The predicted molar refractivity (Wildman–Crippen MR) is 118 cm³/mol. The fourth-order valence-corrected chi connectivity index (χ4v) is 4.29. The minimum atomic E-state index is -0.977. The molecule has 0 spiro atoms. The third-order valence-corrected chi connectivity index (χ3v) is 6.28. The van der Waals surface area contributed by atoms with Crippen LogP contribution in [0.2, 0.25) is 0 Å². The molecule has 0 bridgehead atoms. The number of carbonyl (C=O) groups is 1. The number of thioether (sulfide) groups is 1. The summed E-state index contributed by atoms with van der Waals surface area (Å²) in [5.41, 5.74) is -0.240. The van der Waals surface area contributed by atoms with E-state index in [1.807, 2.05) is 26.8 Å². The summed E-state index contributed by atoms with van der Waals surface area (Å²) in [5, 5.41) is 15.7. The molecule has 0 aromatic carbocycles. The van der Waals surface area contributed by atoms with E-state index in [0.29, 0.717) is 28.7 Å². The van der Waals surface area contributed by atoms with Gasteiger partial charge in [-0.05, 0) is 34.1 Å². The Labute approximate surface area is 175 Å². The van der Waals surface area contributed by atoms with Crippen LogP contribution in [0.15, 0.2) is 31.5 Å². The first-order chi connectivity index (χ1) is 13.8. The summed E-state index contributed by atoms with van der Waals surface area (Å²) < 4.78 is 5.45. The summed E-state index contributed by atoms with van der Waals surface area (Å²) in [5.74, 6) is 0.643. The van der Waals surface area contributed by atoms with Crippen molar-refractivity contribution >= 4 is 34.1 Å². The SMILES string of the molecule is CCCC(NC(=O)C1(C)CSC(/C(C)=N/O)=N1)c1cc(N(CC)CC)cc(=O)o1. The van der Waals surface area contributed by atoms with Gasteiger partial charge < -0.3 is 19.8 Å². The first-order valence-electron chi connectivity index (χ1n) is 9.90. The van der Waals surface area contributed by atoms with Crippen molar-refractivity contribution < 1.29 is 14.4 Å². The Morgan fingerprint density at radius 3 is 2.69 bits per heavy atom. The molecular weight excluding hydrogens is 392 g/mol. The number of hydrogen-bond acceptors (Lipinski definition) is 8. The zero-order valence-corrected chi connectivity index (χ0v) is 18.5. The molecule has 2 atom stereocenters. The number of nitrogens with one attached hydrogen (secondary N) is 1. The summed E-state index contributed by atoms with van der Waals surface area (Å²) in [6, 6.07) is 2.88. The van der Waals surface area contributed by atoms with E-state index in [-0.39, 0.29) is 5.91 Å². The average Bonchev–Trinajstić information content (AvgIpc) is 3.11. The van der Waals surface area contributed by atoms with Crippen molar-refractivity contribution in [2.45, 2.75) is 59.0 Å². The number of amides is 1. The quantitative estimate of drug-likeness (QED) is 0.359. The Morgan fingerprint density at radius 1 is 1.41 bits per heavy atom. The van der Waals surface area contributed by atoms with Crippen LogP contribution in [0.4, 0.5) is 5.69 Å². The number of anilines is 1. The highest BCUT2D eigenvalue weighted by Gasteiger charge is 2.40. The zero-order chi connectivity index (χ0) is 21.6. The van der Waals surface area contributed by atoms with Crippen LogP contribution in [0.1, 0.15) is 59.3 Å². The Morgan fingerprint density at radius 2 is 2.10 bits per heavy atom. The predicted octanol–water partition coefficient (Wildman–Crippen LogP) is 3.20. The number of oxime groups is 1. The molecule has 0 saturated carbocycles. The summed E-state index contributed by atoms with van der Waals surface area (Å²) in [6.07, 6.45) is 1.44. The van der Waals surface area contributed by atoms with Crippen LogP contribution in [0.5, 0.6) is 0 Å². The second kappa shape index (κ2) is 9.96. The molecule has 160 valence electrons. The van der Waals surface area contributed by atoms with Gasteiger partial charge in [0.05, 0.1) is 6.04 Å². The fourth-order valence-electron chi connectivity index (χ4n) is 3.16. The topological polar surface area (TPSA) is 107 Å². The number of nitrogens with zero attached hydrogens (tertiary/aromatic N) is 3. The van der Waals surface area contributed by atoms with Crippen molar-refractivity contribution in [3.05, 3.63) is 28.3 Å². The van der Waals surface area contributed by atoms with Crippen LogP contribution in [-0.4, -0.2) is 46.3 Å². The molecule has 0 aliphatic carbocycles. The van der Waals surface area contributed by atoms with Crippen LogP contribution in [-0.2, 0) is 4.79 Å². The molecule has 8 nitrogen and oxygen atoms in total. The van der Waals surface area contributed by atoms with E-state index in [9.17, 15) is 9.59 Å². The number of carbonyl (C=O) groups excluding carboxylic acids is 1. The molecule has 2 heterocycles. The number of hydrogen-bond donors (Lipinski definition) is 2. The highest BCUT2D eigenvalue weighted by atomic mass is 32.2. The summed E-state index contributed by atoms with van der Waals surface area (Å²) in [4.78, 5) is 31.7. The molecule has 2 rings (SSSR count). The van der Waals surface area contributed by atoms with Gasteiger partial charge in [-0.3, -0.25) is 9.79 Å². The van der Waals surface area contributed by atoms with E-state index in [4.69, 9.17) is 9.62 Å². The number of aliphatic imine (C=N–C) groups is 1. The maximum atomic E-state index is 13.0. The van der Waals surface area contributed by atoms with Gasteiger partial charge in [-0.15, -0.1) is 11.8 Å². The molecule has 0 saturated heterocycles. The van der Waals surface area contributed by atoms with Crippen molar-refractivity contribution in [1.82, 2.24) is 5.32 Å². The molecule has 1 aromatic heterocycles. The third kappa shape index (κ3) is 5.41. The van der Waals surface area contributed by atoms with Crippen molar-refractivity contribution in [3.8, 4) is 0 Å². The standard InChI is InChI=1S/C20H30N4O4S/c1-6-9-15(16-10-14(11-17(25)28-16)24(7-2)8-3)21-19(26)20(5)12-29-18(22-20)13(4)23-27/h10-11,15,27H,6-9,12H2,1-5H3,(H,21,26)/b23-13+. The molecule has 1 aromatic rings. The molecule has 1 aliphatic rings. The van der Waals surface area contributed by atoms with Gasteiger partial charge in [0.15, 0.2) is 0 Å². The van der Waals surface area contributed by atoms with E-state index in [0.717, 1.165) is 25.2 Å². The van der Waals surface area contributed by atoms with Gasteiger partial charge in [0.1, 0.15) is 22.1 Å². The molecule has 0 fully saturated rings. The third-order valence-electron chi connectivity index (χ3n) is 4.92. The Hall–Kier alpha value is -2.29. The second-order valence-corrected chi connectivity index (χ2v) is 8.15. The van der Waals surface area contributed by atoms with Gasteiger partial charge in [-0.2, -0.15) is 0 Å². The largest absolute Gasteiger partial charge is 0.426 e. The van der Waals surface area contributed by atoms with Crippen LogP contribution < -0.4 is 15.8 Å². The lowest BCUT2D eigenvalue weighted by Gasteiger charge is -2.25. The van der Waals surface area contributed by atoms with Gasteiger partial charge in [-0.25, -0.2) is 4.79 Å². The minimum Gasteiger partial charge on any atom is -0.426 e. The van der Waals surface area contributed by atoms with Crippen molar-refractivity contribution in [2.75, 3.05) is 23.7 Å². The Balaban J connectivity index is 2.30. The summed E-state index contributed by atoms with van der Waals surface area (Å²) in [7, 11) is 0. The van der Waals surface area contributed by atoms with E-state index >= 15 is 0 Å². The fraction of sp³-hybridized carbons (Fsp3) is 0.600. The summed E-state index contributed by atoms with van der Waals surface area (Å²) >= 11 is 1.38. The summed E-state index contributed by atoms with van der Waals surface area (Å²) in [6.45, 7) is 11.0. The molecule has 2 N–H and O–H groups in total. The Kier molecular flexibility index (Phi) is 7.89. The van der Waals surface area contributed by atoms with Crippen molar-refractivity contribution in [1.29, 1.82) is 0 Å². The normalized spacial score (nSPS) is 20.3. The van der Waals surface area contributed by atoms with Gasteiger partial charge in [0.25, 0.3) is 0 Å². The van der Waals surface area contributed by atoms with E-state index in [2.05, 4.69) is 20.4 Å². The van der Waals surface area contributed by atoms with Gasteiger partial charge >= 0.3 is 5.63 Å². The van der Waals surface area contributed by atoms with Crippen molar-refractivity contribution in [3.63, 3.8) is 0 Å². The van der Waals surface area contributed by atoms with E-state index in [1.165, 1.54) is 17.8 Å². The van der Waals surface area contributed by atoms with Crippen LogP contribution >= 0.6 is 11.8 Å². The maximum absolute atomic E-state index is 13.0. The van der Waals surface area contributed by atoms with Crippen LogP contribution in [0.25, 0.3) is 0 Å². The first kappa shape index (κ1) is 23.0. The van der Waals surface area contributed by atoms with Gasteiger partial charge in [0, 0.05) is 36.7 Å². The molecule has 1 amide bonds.